The van der Waals surface area contributed by atoms with E-state index in [9.17, 15) is 8.78 Å². The van der Waals surface area contributed by atoms with Gasteiger partial charge in [-0.2, -0.15) is 0 Å². The lowest BCUT2D eigenvalue weighted by Crippen LogP contribution is -2.35. The number of hydrogen-bond acceptors (Lipinski definition) is 4. The Morgan fingerprint density at radius 2 is 2.07 bits per heavy atom. The molecule has 0 atom stereocenters. The Morgan fingerprint density at radius 3 is 2.60 bits per heavy atom. The van der Waals surface area contributed by atoms with Gasteiger partial charge >= 0.3 is 0 Å². The molecular formula is C9H14F2N4. The van der Waals surface area contributed by atoms with Gasteiger partial charge in [0.05, 0.1) is 30.7 Å². The molecule has 0 radical (unpaired) electrons. The Balaban J connectivity index is 2.62. The fourth-order valence-corrected chi connectivity index (χ4v) is 0.919. The van der Waals surface area contributed by atoms with Gasteiger partial charge in [0, 0.05) is 0 Å². The van der Waals surface area contributed by atoms with Crippen LogP contribution in [0.1, 0.15) is 11.4 Å². The van der Waals surface area contributed by atoms with E-state index in [1.54, 1.807) is 13.8 Å². The van der Waals surface area contributed by atoms with Crippen LogP contribution in [-0.2, 0) is 0 Å². The van der Waals surface area contributed by atoms with Crippen LogP contribution < -0.4 is 11.1 Å². The first-order valence-corrected chi connectivity index (χ1v) is 4.56. The number of anilines is 1. The van der Waals surface area contributed by atoms with E-state index in [-0.39, 0.29) is 0 Å². The zero-order valence-corrected chi connectivity index (χ0v) is 8.72. The van der Waals surface area contributed by atoms with Crippen molar-refractivity contribution in [2.75, 3.05) is 18.4 Å². The van der Waals surface area contributed by atoms with Gasteiger partial charge in [0.15, 0.2) is 0 Å². The molecule has 0 aromatic carbocycles. The summed E-state index contributed by atoms with van der Waals surface area (Å²) in [6.07, 6.45) is 1.43. The summed E-state index contributed by atoms with van der Waals surface area (Å²) in [5.74, 6) is -2.58. The summed E-state index contributed by atoms with van der Waals surface area (Å²) in [4.78, 5) is 8.07. The topological polar surface area (TPSA) is 63.8 Å². The third kappa shape index (κ3) is 3.39. The number of nitrogens with zero attached hydrogens (tertiary/aromatic N) is 2. The molecule has 0 aliphatic heterocycles. The van der Waals surface area contributed by atoms with Crippen LogP contribution in [0.5, 0.6) is 0 Å². The molecule has 0 unspecified atom stereocenters. The Bertz CT molecular complexity index is 341. The summed E-state index contributed by atoms with van der Waals surface area (Å²) >= 11 is 0. The summed E-state index contributed by atoms with van der Waals surface area (Å²) in [7, 11) is 0. The van der Waals surface area contributed by atoms with E-state index in [1.165, 1.54) is 6.20 Å². The van der Waals surface area contributed by atoms with Crippen molar-refractivity contribution in [1.82, 2.24) is 9.97 Å². The van der Waals surface area contributed by atoms with Gasteiger partial charge in [0.1, 0.15) is 5.82 Å². The van der Waals surface area contributed by atoms with E-state index in [0.717, 1.165) is 11.4 Å². The van der Waals surface area contributed by atoms with Gasteiger partial charge in [0.25, 0.3) is 5.92 Å². The highest BCUT2D eigenvalue weighted by atomic mass is 19.3. The fraction of sp³-hybridized carbons (Fsp3) is 0.556. The number of alkyl halides is 2. The van der Waals surface area contributed by atoms with Gasteiger partial charge in [-0.3, -0.25) is 4.98 Å². The molecular weight excluding hydrogens is 202 g/mol. The first kappa shape index (κ1) is 11.8. The number of aryl methyl sites for hydroxylation is 2. The highest BCUT2D eigenvalue weighted by molar-refractivity contribution is 5.33. The predicted molar refractivity (Wildman–Crippen MR) is 54.0 cm³/mol. The second kappa shape index (κ2) is 4.48. The number of hydrogen-bond donors (Lipinski definition) is 2. The smallest absolute Gasteiger partial charge is 0.276 e. The van der Waals surface area contributed by atoms with Crippen LogP contribution in [0.25, 0.3) is 0 Å². The largest absolute Gasteiger partial charge is 0.363 e. The Hall–Kier alpha value is -1.30. The first-order valence-electron chi connectivity index (χ1n) is 4.56. The van der Waals surface area contributed by atoms with Crippen molar-refractivity contribution in [3.8, 4) is 0 Å². The van der Waals surface area contributed by atoms with Crippen molar-refractivity contribution in [2.45, 2.75) is 19.8 Å². The lowest BCUT2D eigenvalue weighted by Gasteiger charge is -2.15. The second-order valence-corrected chi connectivity index (χ2v) is 3.34. The first-order chi connectivity index (χ1) is 6.94. The number of aromatic nitrogens is 2. The molecule has 0 saturated carbocycles. The third-order valence-electron chi connectivity index (χ3n) is 2.02. The van der Waals surface area contributed by atoms with E-state index in [4.69, 9.17) is 5.73 Å². The zero-order valence-electron chi connectivity index (χ0n) is 8.72. The van der Waals surface area contributed by atoms with E-state index in [2.05, 4.69) is 15.3 Å². The monoisotopic (exact) mass is 216 g/mol. The van der Waals surface area contributed by atoms with Crippen molar-refractivity contribution >= 4 is 5.82 Å². The maximum Gasteiger partial charge on any atom is 0.276 e. The predicted octanol–water partition coefficient (Wildman–Crippen LogP) is 1.10. The number of nitrogens with one attached hydrogen (secondary N) is 1. The molecule has 84 valence electrons. The minimum atomic E-state index is -2.92. The van der Waals surface area contributed by atoms with Crippen molar-refractivity contribution in [1.29, 1.82) is 0 Å². The van der Waals surface area contributed by atoms with Gasteiger partial charge in [-0.1, -0.05) is 0 Å². The van der Waals surface area contributed by atoms with Gasteiger partial charge in [-0.05, 0) is 13.8 Å². The molecule has 0 aliphatic carbocycles. The number of halogens is 2. The molecule has 0 spiro atoms. The van der Waals surface area contributed by atoms with E-state index < -0.39 is 19.0 Å². The van der Waals surface area contributed by atoms with Gasteiger partial charge in [0.2, 0.25) is 0 Å². The number of rotatable bonds is 4. The Morgan fingerprint density at radius 1 is 1.40 bits per heavy atom. The van der Waals surface area contributed by atoms with Crippen LogP contribution in [0.2, 0.25) is 0 Å². The highest BCUT2D eigenvalue weighted by Crippen LogP contribution is 2.12. The normalized spacial score (nSPS) is 11.5. The summed E-state index contributed by atoms with van der Waals surface area (Å²) in [5.41, 5.74) is 6.40. The van der Waals surface area contributed by atoms with Crippen LogP contribution in [0, 0.1) is 13.8 Å². The average Bonchev–Trinajstić information content (AvgIpc) is 2.20. The molecule has 0 bridgehead atoms. The Labute approximate surface area is 86.9 Å². The van der Waals surface area contributed by atoms with Gasteiger partial charge in [-0.15, -0.1) is 0 Å². The molecule has 0 fully saturated rings. The van der Waals surface area contributed by atoms with Crippen LogP contribution >= 0.6 is 0 Å². The maximum absolute atomic E-state index is 12.8. The molecule has 0 aliphatic rings. The summed E-state index contributed by atoms with van der Waals surface area (Å²) in [6, 6.07) is 0. The van der Waals surface area contributed by atoms with Crippen LogP contribution in [0.3, 0.4) is 0 Å². The van der Waals surface area contributed by atoms with Crippen LogP contribution in [0.4, 0.5) is 14.6 Å². The quantitative estimate of drug-likeness (QED) is 0.791. The van der Waals surface area contributed by atoms with Crippen LogP contribution in [0.15, 0.2) is 6.20 Å². The van der Waals surface area contributed by atoms with Crippen molar-refractivity contribution < 1.29 is 8.78 Å². The van der Waals surface area contributed by atoms with Gasteiger partial charge < -0.3 is 11.1 Å². The van der Waals surface area contributed by atoms with Crippen LogP contribution in [-0.4, -0.2) is 29.0 Å². The van der Waals surface area contributed by atoms with Gasteiger partial charge in [-0.25, -0.2) is 13.8 Å². The second-order valence-electron chi connectivity index (χ2n) is 3.34. The summed E-state index contributed by atoms with van der Waals surface area (Å²) in [6.45, 7) is 2.37. The average molecular weight is 216 g/mol. The molecule has 15 heavy (non-hydrogen) atoms. The molecule has 1 heterocycles. The zero-order chi connectivity index (χ0) is 11.5. The summed E-state index contributed by atoms with van der Waals surface area (Å²) < 4.78 is 25.6. The Kier molecular flexibility index (Phi) is 3.52. The van der Waals surface area contributed by atoms with Crippen molar-refractivity contribution in [3.63, 3.8) is 0 Å². The molecule has 4 nitrogen and oxygen atoms in total. The van der Waals surface area contributed by atoms with E-state index in [0.29, 0.717) is 5.82 Å². The molecule has 1 rings (SSSR count). The van der Waals surface area contributed by atoms with E-state index >= 15 is 0 Å². The molecule has 1 aromatic heterocycles. The molecule has 0 amide bonds. The SMILES string of the molecule is Cc1ncc(NCC(F)(F)CN)nc1C. The highest BCUT2D eigenvalue weighted by Gasteiger charge is 2.26. The molecule has 1 aromatic rings. The lowest BCUT2D eigenvalue weighted by atomic mass is 10.3. The van der Waals surface area contributed by atoms with E-state index in [1.807, 2.05) is 0 Å². The lowest BCUT2D eigenvalue weighted by molar-refractivity contribution is 0.0253. The summed E-state index contributed by atoms with van der Waals surface area (Å²) in [5, 5.41) is 2.50. The minimum absolute atomic E-state index is 0.339. The van der Waals surface area contributed by atoms with Crippen molar-refractivity contribution in [3.05, 3.63) is 17.6 Å². The molecule has 6 heteroatoms. The maximum atomic E-state index is 12.8. The molecule has 0 saturated heterocycles. The minimum Gasteiger partial charge on any atom is -0.363 e. The van der Waals surface area contributed by atoms with Crippen molar-refractivity contribution in [2.24, 2.45) is 5.73 Å². The number of nitrogens with two attached hydrogens (primary N) is 1. The standard InChI is InChI=1S/C9H14F2N4/c1-6-7(2)15-8(3-13-6)14-5-9(10,11)4-12/h3H,4-5,12H2,1-2H3,(H,14,15). The molecule has 3 N–H and O–H groups in total. The third-order valence-corrected chi connectivity index (χ3v) is 2.02. The fourth-order valence-electron chi connectivity index (χ4n) is 0.919.